The second-order valence-electron chi connectivity index (χ2n) is 7.72. The molecule has 0 radical (unpaired) electrons. The smallest absolute Gasteiger partial charge is 0.191 e. The van der Waals surface area contributed by atoms with E-state index in [0.29, 0.717) is 13.2 Å². The lowest BCUT2D eigenvalue weighted by Crippen LogP contribution is -2.38. The van der Waals surface area contributed by atoms with Crippen molar-refractivity contribution < 1.29 is 9.47 Å². The number of aliphatic imine (C=N–C) groups is 1. The molecule has 2 aliphatic rings. The van der Waals surface area contributed by atoms with Gasteiger partial charge in [-0.1, -0.05) is 30.7 Å². The van der Waals surface area contributed by atoms with E-state index in [9.17, 15) is 0 Å². The van der Waals surface area contributed by atoms with Crippen molar-refractivity contribution in [2.24, 2.45) is 4.99 Å². The lowest BCUT2D eigenvalue weighted by molar-refractivity contribution is 0.0191. The van der Waals surface area contributed by atoms with Crippen LogP contribution in [0, 0.1) is 0 Å². The molecule has 2 saturated heterocycles. The molecule has 1 aromatic carbocycles. The van der Waals surface area contributed by atoms with E-state index in [-0.39, 0.29) is 30.1 Å². The maximum absolute atomic E-state index is 5.68. The highest BCUT2D eigenvalue weighted by molar-refractivity contribution is 14.0. The molecule has 1 atom stereocenters. The molecular formula is C22H37IN4O2. The number of piperidine rings is 1. The third-order valence-electron chi connectivity index (χ3n) is 5.43. The summed E-state index contributed by atoms with van der Waals surface area (Å²) < 4.78 is 11.2. The molecule has 164 valence electrons. The van der Waals surface area contributed by atoms with Gasteiger partial charge in [0.15, 0.2) is 5.96 Å². The van der Waals surface area contributed by atoms with Crippen molar-refractivity contribution in [3.8, 4) is 0 Å². The van der Waals surface area contributed by atoms with E-state index in [4.69, 9.17) is 9.47 Å². The van der Waals surface area contributed by atoms with E-state index < -0.39 is 0 Å². The normalized spacial score (nSPS) is 20.3. The molecule has 0 bridgehead atoms. The second kappa shape index (κ2) is 14.2. The third kappa shape index (κ3) is 9.19. The van der Waals surface area contributed by atoms with E-state index in [0.717, 1.165) is 45.0 Å². The molecular weight excluding hydrogens is 479 g/mol. The predicted octanol–water partition coefficient (Wildman–Crippen LogP) is 3.15. The van der Waals surface area contributed by atoms with Crippen LogP contribution in [-0.4, -0.2) is 63.5 Å². The van der Waals surface area contributed by atoms with Crippen LogP contribution in [-0.2, 0) is 22.6 Å². The predicted molar refractivity (Wildman–Crippen MR) is 129 cm³/mol. The number of hydrogen-bond acceptors (Lipinski definition) is 4. The van der Waals surface area contributed by atoms with Crippen molar-refractivity contribution in [3.05, 3.63) is 35.4 Å². The monoisotopic (exact) mass is 516 g/mol. The summed E-state index contributed by atoms with van der Waals surface area (Å²) in [5, 5.41) is 6.66. The fourth-order valence-electron chi connectivity index (χ4n) is 3.78. The number of ether oxygens (including phenoxy) is 2. The Morgan fingerprint density at radius 2 is 1.86 bits per heavy atom. The standard InChI is InChI=1S/C22H36N4O2.HI/c1-23-22(24-11-15-27-18-21-6-5-14-28-21)25-16-19-7-9-20(10-8-19)17-26-12-3-2-4-13-26;/h7-10,21H,2-6,11-18H2,1H3,(H2,23,24,25);1H. The van der Waals surface area contributed by atoms with Crippen LogP contribution in [0.1, 0.15) is 43.2 Å². The highest BCUT2D eigenvalue weighted by atomic mass is 127. The Morgan fingerprint density at radius 1 is 1.10 bits per heavy atom. The highest BCUT2D eigenvalue weighted by Gasteiger charge is 2.15. The zero-order chi connectivity index (χ0) is 19.4. The van der Waals surface area contributed by atoms with E-state index in [2.05, 4.69) is 44.8 Å². The first-order valence-corrected chi connectivity index (χ1v) is 10.8. The van der Waals surface area contributed by atoms with Crippen molar-refractivity contribution in [3.63, 3.8) is 0 Å². The van der Waals surface area contributed by atoms with Crippen molar-refractivity contribution in [1.29, 1.82) is 0 Å². The van der Waals surface area contributed by atoms with E-state index in [1.807, 2.05) is 0 Å². The van der Waals surface area contributed by atoms with Crippen LogP contribution in [0.2, 0.25) is 0 Å². The minimum absolute atomic E-state index is 0. The van der Waals surface area contributed by atoms with Crippen LogP contribution < -0.4 is 10.6 Å². The average molecular weight is 516 g/mol. The lowest BCUT2D eigenvalue weighted by atomic mass is 10.1. The van der Waals surface area contributed by atoms with Gasteiger partial charge in [-0.2, -0.15) is 0 Å². The molecule has 0 saturated carbocycles. The first kappa shape index (κ1) is 24.4. The van der Waals surface area contributed by atoms with Crippen LogP contribution in [0.4, 0.5) is 0 Å². The number of halogens is 1. The van der Waals surface area contributed by atoms with Crippen LogP contribution in [0.3, 0.4) is 0 Å². The second-order valence-corrected chi connectivity index (χ2v) is 7.72. The molecule has 6 nitrogen and oxygen atoms in total. The van der Waals surface area contributed by atoms with Gasteiger partial charge in [-0.15, -0.1) is 24.0 Å². The van der Waals surface area contributed by atoms with Gasteiger partial charge in [-0.05, 0) is 49.9 Å². The van der Waals surface area contributed by atoms with Crippen LogP contribution >= 0.6 is 24.0 Å². The highest BCUT2D eigenvalue weighted by Crippen LogP contribution is 2.14. The summed E-state index contributed by atoms with van der Waals surface area (Å²) in [7, 11) is 1.80. The fraction of sp³-hybridized carbons (Fsp3) is 0.682. The fourth-order valence-corrected chi connectivity index (χ4v) is 3.78. The van der Waals surface area contributed by atoms with Crippen molar-refractivity contribution in [1.82, 2.24) is 15.5 Å². The van der Waals surface area contributed by atoms with Crippen LogP contribution in [0.5, 0.6) is 0 Å². The summed E-state index contributed by atoms with van der Waals surface area (Å²) in [4.78, 5) is 6.84. The topological polar surface area (TPSA) is 58.1 Å². The minimum Gasteiger partial charge on any atom is -0.377 e. The molecule has 2 aliphatic heterocycles. The first-order valence-electron chi connectivity index (χ1n) is 10.8. The van der Waals surface area contributed by atoms with Gasteiger partial charge < -0.3 is 20.1 Å². The Balaban J connectivity index is 0.00000300. The molecule has 0 spiro atoms. The Bertz CT molecular complexity index is 585. The maximum Gasteiger partial charge on any atom is 0.191 e. The number of nitrogens with zero attached hydrogens (tertiary/aromatic N) is 2. The van der Waals surface area contributed by atoms with E-state index in [1.54, 1.807) is 7.05 Å². The van der Waals surface area contributed by atoms with Gasteiger partial charge in [0.1, 0.15) is 0 Å². The summed E-state index contributed by atoms with van der Waals surface area (Å²) in [6.07, 6.45) is 6.63. The summed E-state index contributed by atoms with van der Waals surface area (Å²) in [5.74, 6) is 0.804. The quantitative estimate of drug-likeness (QED) is 0.229. The Morgan fingerprint density at radius 3 is 2.55 bits per heavy atom. The molecule has 1 unspecified atom stereocenters. The molecule has 1 aromatic rings. The first-order chi connectivity index (χ1) is 13.8. The number of nitrogens with one attached hydrogen (secondary N) is 2. The van der Waals surface area contributed by atoms with Crippen molar-refractivity contribution in [2.45, 2.75) is 51.3 Å². The largest absolute Gasteiger partial charge is 0.377 e. The van der Waals surface area contributed by atoms with Gasteiger partial charge in [-0.3, -0.25) is 9.89 Å². The van der Waals surface area contributed by atoms with Crippen molar-refractivity contribution >= 4 is 29.9 Å². The molecule has 2 fully saturated rings. The zero-order valence-corrected chi connectivity index (χ0v) is 20.0. The van der Waals surface area contributed by atoms with Gasteiger partial charge in [0.25, 0.3) is 0 Å². The Kier molecular flexibility index (Phi) is 11.9. The molecule has 2 N–H and O–H groups in total. The minimum atomic E-state index is 0. The molecule has 0 amide bonds. The van der Waals surface area contributed by atoms with E-state index >= 15 is 0 Å². The number of rotatable bonds is 9. The van der Waals surface area contributed by atoms with Gasteiger partial charge in [-0.25, -0.2) is 0 Å². The van der Waals surface area contributed by atoms with Gasteiger partial charge in [0, 0.05) is 33.3 Å². The van der Waals surface area contributed by atoms with E-state index in [1.165, 1.54) is 43.5 Å². The molecule has 29 heavy (non-hydrogen) atoms. The summed E-state index contributed by atoms with van der Waals surface area (Å²) in [6, 6.07) is 8.93. The average Bonchev–Trinajstić information content (AvgIpc) is 3.25. The van der Waals surface area contributed by atoms with Gasteiger partial charge in [0.05, 0.1) is 19.3 Å². The SMILES string of the molecule is CN=C(NCCOCC1CCCO1)NCc1ccc(CN2CCCCC2)cc1.I. The molecule has 0 aliphatic carbocycles. The molecule has 7 heteroatoms. The number of guanidine groups is 1. The van der Waals surface area contributed by atoms with Crippen LogP contribution in [0.25, 0.3) is 0 Å². The van der Waals surface area contributed by atoms with Gasteiger partial charge in [0.2, 0.25) is 0 Å². The number of benzene rings is 1. The molecule has 2 heterocycles. The number of likely N-dealkylation sites (tertiary alicyclic amines) is 1. The number of hydrogen-bond donors (Lipinski definition) is 2. The zero-order valence-electron chi connectivity index (χ0n) is 17.7. The van der Waals surface area contributed by atoms with Gasteiger partial charge >= 0.3 is 0 Å². The summed E-state index contributed by atoms with van der Waals surface area (Å²) in [6.45, 7) is 7.28. The van der Waals surface area contributed by atoms with Crippen LogP contribution in [0.15, 0.2) is 29.3 Å². The Labute approximate surface area is 192 Å². The Hall–Kier alpha value is -0.900. The summed E-state index contributed by atoms with van der Waals surface area (Å²) >= 11 is 0. The molecule has 0 aromatic heterocycles. The van der Waals surface area contributed by atoms with Crippen molar-refractivity contribution in [2.75, 3.05) is 46.5 Å². The lowest BCUT2D eigenvalue weighted by Gasteiger charge is -2.26. The maximum atomic E-state index is 5.68. The summed E-state index contributed by atoms with van der Waals surface area (Å²) in [5.41, 5.74) is 2.66. The molecule has 3 rings (SSSR count). The third-order valence-corrected chi connectivity index (χ3v) is 5.43.